The van der Waals surface area contributed by atoms with Gasteiger partial charge in [-0.05, 0) is 35.4 Å². The van der Waals surface area contributed by atoms with Crippen molar-refractivity contribution < 1.29 is 18.4 Å². The first-order chi connectivity index (χ1) is 16.5. The van der Waals surface area contributed by atoms with Crippen LogP contribution in [0.5, 0.6) is 0 Å². The fourth-order valence-corrected chi connectivity index (χ4v) is 3.37. The normalized spacial score (nSPS) is 11.1. The van der Waals surface area contributed by atoms with Crippen LogP contribution >= 0.6 is 0 Å². The zero-order chi connectivity index (χ0) is 23.7. The van der Waals surface area contributed by atoms with Crippen molar-refractivity contribution >= 4 is 28.6 Å². The number of hydrogen-bond acceptors (Lipinski definition) is 7. The number of H-pyrrole nitrogens is 1. The Bertz CT molecular complexity index is 1590. The molecule has 0 atom stereocenters. The van der Waals surface area contributed by atoms with Crippen LogP contribution in [0.3, 0.4) is 0 Å². The van der Waals surface area contributed by atoms with Gasteiger partial charge in [-0.2, -0.15) is 5.10 Å². The Hall–Kier alpha value is -4.87. The lowest BCUT2D eigenvalue weighted by Crippen LogP contribution is -2.28. The second-order valence-electron chi connectivity index (χ2n) is 7.32. The molecule has 0 aliphatic rings. The van der Waals surface area contributed by atoms with Gasteiger partial charge in [-0.15, -0.1) is 0 Å². The van der Waals surface area contributed by atoms with Crippen LogP contribution in [0.4, 0.5) is 4.39 Å². The summed E-state index contributed by atoms with van der Waals surface area (Å²) in [7, 11) is 0. The third-order valence-electron chi connectivity index (χ3n) is 5.03. The highest BCUT2D eigenvalue weighted by Crippen LogP contribution is 2.14. The highest BCUT2D eigenvalue weighted by Gasteiger charge is 2.20. The van der Waals surface area contributed by atoms with E-state index in [1.807, 2.05) is 0 Å². The fourth-order valence-electron chi connectivity index (χ4n) is 3.37. The molecule has 1 aromatic carbocycles. The summed E-state index contributed by atoms with van der Waals surface area (Å²) in [6.07, 6.45) is 4.11. The van der Waals surface area contributed by atoms with Gasteiger partial charge >= 0.3 is 5.76 Å². The molecule has 170 valence electrons. The topological polar surface area (TPSA) is 147 Å². The standard InChI is InChI=1S/C22H16FN7O4/c23-14-11-27-30-17(21(32)26-9-12-3-5-24-6-4-12)8-16(28-19(14)30)20(31)25-10-13-1-2-18-15(7-13)29-22(33)34-18/h1-8,11H,9-10H2,(H,25,31)(H,26,32)(H,29,33). The van der Waals surface area contributed by atoms with Crippen molar-refractivity contribution in [2.75, 3.05) is 0 Å². The van der Waals surface area contributed by atoms with Crippen molar-refractivity contribution in [3.8, 4) is 0 Å². The largest absolute Gasteiger partial charge is 0.417 e. The number of aromatic nitrogens is 5. The summed E-state index contributed by atoms with van der Waals surface area (Å²) >= 11 is 0. The highest BCUT2D eigenvalue weighted by atomic mass is 19.1. The van der Waals surface area contributed by atoms with Gasteiger partial charge in [0.05, 0.1) is 11.7 Å². The third kappa shape index (κ3) is 4.11. The number of rotatable bonds is 6. The first-order valence-corrected chi connectivity index (χ1v) is 10.1. The summed E-state index contributed by atoms with van der Waals surface area (Å²) in [5.74, 6) is -2.53. The van der Waals surface area contributed by atoms with Gasteiger partial charge in [0, 0.05) is 31.5 Å². The van der Waals surface area contributed by atoms with Gasteiger partial charge < -0.3 is 15.1 Å². The molecule has 11 nitrogen and oxygen atoms in total. The van der Waals surface area contributed by atoms with Crippen molar-refractivity contribution in [3.63, 3.8) is 0 Å². The summed E-state index contributed by atoms with van der Waals surface area (Å²) in [6.45, 7) is 0.301. The Labute approximate surface area is 189 Å². The van der Waals surface area contributed by atoms with E-state index in [0.717, 1.165) is 16.3 Å². The number of nitrogens with zero attached hydrogens (tertiary/aromatic N) is 4. The van der Waals surface area contributed by atoms with Crippen LogP contribution in [0, 0.1) is 5.82 Å². The zero-order valence-electron chi connectivity index (χ0n) is 17.4. The lowest BCUT2D eigenvalue weighted by molar-refractivity contribution is 0.0942. The molecule has 0 bridgehead atoms. The van der Waals surface area contributed by atoms with Gasteiger partial charge in [-0.1, -0.05) is 6.07 Å². The Morgan fingerprint density at radius 2 is 1.79 bits per heavy atom. The number of halogens is 1. The quantitative estimate of drug-likeness (QED) is 0.348. The van der Waals surface area contributed by atoms with Gasteiger partial charge in [0.2, 0.25) is 0 Å². The minimum Gasteiger partial charge on any atom is -0.408 e. The van der Waals surface area contributed by atoms with Crippen molar-refractivity contribution in [2.24, 2.45) is 0 Å². The third-order valence-corrected chi connectivity index (χ3v) is 5.03. The molecule has 0 radical (unpaired) electrons. The maximum absolute atomic E-state index is 14.2. The van der Waals surface area contributed by atoms with Gasteiger partial charge in [0.15, 0.2) is 17.0 Å². The first kappa shape index (κ1) is 21.0. The molecule has 0 aliphatic carbocycles. The molecule has 0 fully saturated rings. The molecule has 0 saturated carbocycles. The highest BCUT2D eigenvalue weighted by molar-refractivity contribution is 5.98. The van der Waals surface area contributed by atoms with Crippen molar-refractivity contribution in [1.29, 1.82) is 0 Å². The SMILES string of the molecule is O=C(NCc1ccc2oc(=O)[nH]c2c1)c1cc(C(=O)NCc2ccncc2)n2ncc(F)c2n1. The molecule has 34 heavy (non-hydrogen) atoms. The zero-order valence-corrected chi connectivity index (χ0v) is 17.4. The molecule has 2 amide bonds. The summed E-state index contributed by atoms with van der Waals surface area (Å²) in [4.78, 5) is 47.4. The molecule has 0 unspecified atom stereocenters. The second kappa shape index (κ2) is 8.58. The van der Waals surface area contributed by atoms with E-state index in [1.54, 1.807) is 42.7 Å². The summed E-state index contributed by atoms with van der Waals surface area (Å²) < 4.78 is 20.2. The van der Waals surface area contributed by atoms with E-state index in [9.17, 15) is 18.8 Å². The lowest BCUT2D eigenvalue weighted by atomic mass is 10.2. The molecule has 5 rings (SSSR count). The number of pyridine rings is 1. The van der Waals surface area contributed by atoms with Crippen molar-refractivity contribution in [1.82, 2.24) is 35.2 Å². The van der Waals surface area contributed by atoms with Gasteiger partial charge in [-0.25, -0.2) is 18.7 Å². The second-order valence-corrected chi connectivity index (χ2v) is 7.32. The van der Waals surface area contributed by atoms with E-state index >= 15 is 0 Å². The van der Waals surface area contributed by atoms with Gasteiger partial charge in [0.1, 0.15) is 11.4 Å². The molecule has 12 heteroatoms. The average Bonchev–Trinajstić information content (AvgIpc) is 3.42. The van der Waals surface area contributed by atoms with Crippen LogP contribution in [-0.4, -0.2) is 36.4 Å². The predicted octanol–water partition coefficient (Wildman–Crippen LogP) is 1.56. The molecule has 0 saturated heterocycles. The van der Waals surface area contributed by atoms with Crippen LogP contribution in [-0.2, 0) is 13.1 Å². The minimum absolute atomic E-state index is 0.0505. The van der Waals surface area contributed by atoms with E-state index in [-0.39, 0.29) is 30.1 Å². The van der Waals surface area contributed by atoms with Gasteiger partial charge in [0.25, 0.3) is 11.8 Å². The number of hydrogen-bond donors (Lipinski definition) is 3. The van der Waals surface area contributed by atoms with E-state index in [2.05, 4.69) is 30.7 Å². The van der Waals surface area contributed by atoms with Crippen LogP contribution in [0.15, 0.2) is 64.2 Å². The molecule has 3 N–H and O–H groups in total. The summed E-state index contributed by atoms with van der Waals surface area (Å²) in [6, 6.07) is 9.67. The molecule has 0 spiro atoms. The molecule has 4 heterocycles. The van der Waals surface area contributed by atoms with Crippen LogP contribution in [0.25, 0.3) is 16.7 Å². The monoisotopic (exact) mass is 461 g/mol. The Balaban J connectivity index is 1.37. The Morgan fingerprint density at radius 1 is 1.03 bits per heavy atom. The number of amides is 2. The molecular formula is C22H16FN7O4. The Morgan fingerprint density at radius 3 is 2.62 bits per heavy atom. The van der Waals surface area contributed by atoms with Gasteiger partial charge in [-0.3, -0.25) is 19.6 Å². The van der Waals surface area contributed by atoms with E-state index in [1.165, 1.54) is 6.07 Å². The van der Waals surface area contributed by atoms with Crippen LogP contribution in [0.1, 0.15) is 32.1 Å². The number of carbonyl (C=O) groups is 2. The van der Waals surface area contributed by atoms with E-state index in [0.29, 0.717) is 16.7 Å². The van der Waals surface area contributed by atoms with Crippen molar-refractivity contribution in [3.05, 3.63) is 93.9 Å². The number of aromatic amines is 1. The first-order valence-electron chi connectivity index (χ1n) is 10.1. The molecular weight excluding hydrogens is 445 g/mol. The number of oxazole rings is 1. The minimum atomic E-state index is -0.771. The maximum atomic E-state index is 14.2. The van der Waals surface area contributed by atoms with Crippen LogP contribution in [0.2, 0.25) is 0 Å². The maximum Gasteiger partial charge on any atom is 0.417 e. The fraction of sp³-hybridized carbons (Fsp3) is 0.0909. The van der Waals surface area contributed by atoms with Crippen molar-refractivity contribution in [2.45, 2.75) is 13.1 Å². The molecule has 0 aliphatic heterocycles. The number of nitrogens with one attached hydrogen (secondary N) is 3. The predicted molar refractivity (Wildman–Crippen MR) is 116 cm³/mol. The number of carbonyl (C=O) groups excluding carboxylic acids is 2. The average molecular weight is 461 g/mol. The molecule has 5 aromatic rings. The number of fused-ring (bicyclic) bond motifs is 2. The van der Waals surface area contributed by atoms with E-state index in [4.69, 9.17) is 4.42 Å². The van der Waals surface area contributed by atoms with Crippen LogP contribution < -0.4 is 16.4 Å². The lowest BCUT2D eigenvalue weighted by Gasteiger charge is -2.10. The van der Waals surface area contributed by atoms with E-state index < -0.39 is 23.4 Å². The summed E-state index contributed by atoms with van der Waals surface area (Å²) in [5.41, 5.74) is 1.93. The molecule has 4 aromatic heterocycles. The Kier molecular flexibility index (Phi) is 5.30. The number of benzene rings is 1. The smallest absolute Gasteiger partial charge is 0.408 e. The summed E-state index contributed by atoms with van der Waals surface area (Å²) in [5, 5.41) is 9.24.